The number of hydrogen-bond acceptors (Lipinski definition) is 4. The van der Waals surface area contributed by atoms with Gasteiger partial charge in [0.2, 0.25) is 12.2 Å². The van der Waals surface area contributed by atoms with E-state index < -0.39 is 5.79 Å². The smallest absolute Gasteiger partial charge is 0.337 e. The molecule has 0 atom stereocenters. The average Bonchev–Trinajstić information content (AvgIpc) is 2.28. The minimum atomic E-state index is -0.796. The Labute approximate surface area is 114 Å². The number of allylic oxidation sites excluding steroid dienone is 1. The Balaban J connectivity index is 0.000000191. The molecule has 1 aliphatic carbocycles. The lowest BCUT2D eigenvalue weighted by Crippen LogP contribution is -2.33. The van der Waals surface area contributed by atoms with Crippen molar-refractivity contribution in [2.24, 2.45) is 0 Å². The molecule has 0 aromatic rings. The quantitative estimate of drug-likeness (QED) is 0.617. The first-order chi connectivity index (χ1) is 8.93. The van der Waals surface area contributed by atoms with Crippen molar-refractivity contribution in [3.05, 3.63) is 11.8 Å². The molecule has 5 heteroatoms. The molecule has 0 radical (unpaired) electrons. The van der Waals surface area contributed by atoms with Gasteiger partial charge in [-0.2, -0.15) is 0 Å². The van der Waals surface area contributed by atoms with Crippen molar-refractivity contribution in [3.63, 3.8) is 0 Å². The van der Waals surface area contributed by atoms with Gasteiger partial charge in [-0.3, -0.25) is 4.79 Å². The molecular formula is C14H23NO4. The maximum absolute atomic E-state index is 10.7. The first-order valence-electron chi connectivity index (χ1n) is 6.73. The second kappa shape index (κ2) is 7.16. The fourth-order valence-electron chi connectivity index (χ4n) is 2.24. The van der Waals surface area contributed by atoms with Crippen LogP contribution in [0.2, 0.25) is 0 Å². The van der Waals surface area contributed by atoms with Crippen LogP contribution in [-0.2, 0) is 19.1 Å². The Kier molecular flexibility index (Phi) is 5.86. The number of carbonyl (C=O) groups is 2. The number of carbonyl (C=O) groups excluding carboxylic acids is 2. The van der Waals surface area contributed by atoms with Gasteiger partial charge in [-0.25, -0.2) is 4.79 Å². The Morgan fingerprint density at radius 1 is 1.26 bits per heavy atom. The third-order valence-electron chi connectivity index (χ3n) is 2.98. The molecule has 2 aliphatic rings. The lowest BCUT2D eigenvalue weighted by molar-refractivity contribution is -0.204. The standard InChI is InChI=1S/C7H13NO.C7H10O3/c9-6-8-7-4-2-1-3-5-7;1-5-4-6(8)10-7(2,3)9-5/h6-7H,1-5H2,(H,8,9);4H,1-3H3. The third kappa shape index (κ3) is 6.27. The molecule has 1 N–H and O–H groups in total. The molecule has 108 valence electrons. The number of esters is 1. The van der Waals surface area contributed by atoms with Crippen LogP contribution < -0.4 is 5.32 Å². The fourth-order valence-corrected chi connectivity index (χ4v) is 2.24. The maximum Gasteiger partial charge on any atom is 0.337 e. The summed E-state index contributed by atoms with van der Waals surface area (Å²) in [7, 11) is 0. The van der Waals surface area contributed by atoms with Crippen LogP contribution in [0.5, 0.6) is 0 Å². The predicted octanol–water partition coefficient (Wildman–Crippen LogP) is 2.26. The molecule has 0 unspecified atom stereocenters. The Morgan fingerprint density at radius 2 is 1.89 bits per heavy atom. The van der Waals surface area contributed by atoms with Gasteiger partial charge >= 0.3 is 5.97 Å². The van der Waals surface area contributed by atoms with Gasteiger partial charge in [0.1, 0.15) is 5.76 Å². The van der Waals surface area contributed by atoms with Crippen LogP contribution in [0.3, 0.4) is 0 Å². The molecule has 0 saturated heterocycles. The summed E-state index contributed by atoms with van der Waals surface area (Å²) >= 11 is 0. The highest BCUT2D eigenvalue weighted by Gasteiger charge is 2.27. The molecule has 2 rings (SSSR count). The number of cyclic esters (lactones) is 1. The SMILES string of the molecule is CC1=CC(=O)OC(C)(C)O1.O=CNC1CCCCC1. The molecule has 19 heavy (non-hydrogen) atoms. The van der Waals surface area contributed by atoms with Gasteiger partial charge in [0, 0.05) is 19.9 Å². The Bertz CT molecular complexity index is 343. The normalized spacial score (nSPS) is 22.1. The van der Waals surface area contributed by atoms with Crippen LogP contribution in [0.25, 0.3) is 0 Å². The second-order valence-corrected chi connectivity index (χ2v) is 5.30. The summed E-state index contributed by atoms with van der Waals surface area (Å²) in [5, 5.41) is 2.80. The van der Waals surface area contributed by atoms with Gasteiger partial charge in [-0.15, -0.1) is 0 Å². The number of nitrogens with one attached hydrogen (secondary N) is 1. The first kappa shape index (κ1) is 15.5. The predicted molar refractivity (Wildman–Crippen MR) is 71.1 cm³/mol. The Hall–Kier alpha value is -1.52. The van der Waals surface area contributed by atoms with Crippen molar-refractivity contribution < 1.29 is 19.1 Å². The fraction of sp³-hybridized carbons (Fsp3) is 0.714. The van der Waals surface area contributed by atoms with Gasteiger partial charge in [-0.05, 0) is 19.8 Å². The summed E-state index contributed by atoms with van der Waals surface area (Å²) in [6.45, 7) is 5.12. The molecule has 5 nitrogen and oxygen atoms in total. The highest BCUT2D eigenvalue weighted by atomic mass is 16.7. The molecule has 0 bridgehead atoms. The van der Waals surface area contributed by atoms with Gasteiger partial charge in [-0.1, -0.05) is 19.3 Å². The van der Waals surface area contributed by atoms with Gasteiger partial charge in [0.25, 0.3) is 0 Å². The van der Waals surface area contributed by atoms with E-state index in [1.165, 1.54) is 38.2 Å². The topological polar surface area (TPSA) is 64.6 Å². The van der Waals surface area contributed by atoms with E-state index in [-0.39, 0.29) is 5.97 Å². The second-order valence-electron chi connectivity index (χ2n) is 5.30. The van der Waals surface area contributed by atoms with Crippen molar-refractivity contribution in [1.29, 1.82) is 0 Å². The van der Waals surface area contributed by atoms with Crippen LogP contribution in [0, 0.1) is 0 Å². The highest BCUT2D eigenvalue weighted by molar-refractivity contribution is 5.83. The van der Waals surface area contributed by atoms with Crippen LogP contribution in [0.15, 0.2) is 11.8 Å². The molecule has 1 amide bonds. The Morgan fingerprint density at radius 3 is 2.37 bits per heavy atom. The number of hydrogen-bond donors (Lipinski definition) is 1. The summed E-state index contributed by atoms with van der Waals surface area (Å²) in [6.07, 6.45) is 8.41. The molecule has 1 aliphatic heterocycles. The summed E-state index contributed by atoms with van der Waals surface area (Å²) in [5.41, 5.74) is 0. The van der Waals surface area contributed by atoms with E-state index >= 15 is 0 Å². The number of amides is 1. The average molecular weight is 269 g/mol. The van der Waals surface area contributed by atoms with E-state index in [9.17, 15) is 9.59 Å². The summed E-state index contributed by atoms with van der Waals surface area (Å²) in [6, 6.07) is 0.483. The largest absolute Gasteiger partial charge is 0.457 e. The summed E-state index contributed by atoms with van der Waals surface area (Å²) < 4.78 is 9.97. The molecule has 0 spiro atoms. The first-order valence-corrected chi connectivity index (χ1v) is 6.73. The van der Waals surface area contributed by atoms with Crippen molar-refractivity contribution >= 4 is 12.4 Å². The van der Waals surface area contributed by atoms with E-state index in [4.69, 9.17) is 9.47 Å². The molecule has 0 aromatic carbocycles. The van der Waals surface area contributed by atoms with Gasteiger partial charge < -0.3 is 14.8 Å². The third-order valence-corrected chi connectivity index (χ3v) is 2.98. The number of ether oxygens (including phenoxy) is 2. The highest BCUT2D eigenvalue weighted by Crippen LogP contribution is 2.20. The van der Waals surface area contributed by atoms with E-state index in [0.717, 1.165) is 6.41 Å². The lowest BCUT2D eigenvalue weighted by Gasteiger charge is -2.29. The summed E-state index contributed by atoms with van der Waals surface area (Å²) in [5.74, 6) is -0.536. The molecule has 1 saturated carbocycles. The lowest BCUT2D eigenvalue weighted by atomic mass is 9.96. The molecular weight excluding hydrogens is 246 g/mol. The molecule has 0 aromatic heterocycles. The van der Waals surface area contributed by atoms with Gasteiger partial charge in [0.15, 0.2) is 0 Å². The maximum atomic E-state index is 10.7. The van der Waals surface area contributed by atoms with Crippen LogP contribution in [0.4, 0.5) is 0 Å². The van der Waals surface area contributed by atoms with Crippen LogP contribution in [0.1, 0.15) is 52.9 Å². The van der Waals surface area contributed by atoms with E-state index in [0.29, 0.717) is 11.8 Å². The van der Waals surface area contributed by atoms with Crippen molar-refractivity contribution in [1.82, 2.24) is 5.32 Å². The van der Waals surface area contributed by atoms with Crippen molar-refractivity contribution in [3.8, 4) is 0 Å². The van der Waals surface area contributed by atoms with Crippen molar-refractivity contribution in [2.45, 2.75) is 64.7 Å². The van der Waals surface area contributed by atoms with E-state index in [1.54, 1.807) is 20.8 Å². The molecule has 1 heterocycles. The van der Waals surface area contributed by atoms with Crippen LogP contribution in [-0.4, -0.2) is 24.2 Å². The monoisotopic (exact) mass is 269 g/mol. The van der Waals surface area contributed by atoms with Gasteiger partial charge in [0.05, 0.1) is 6.08 Å². The zero-order chi connectivity index (χ0) is 14.3. The minimum absolute atomic E-state index is 0.339. The number of rotatable bonds is 2. The van der Waals surface area contributed by atoms with Crippen LogP contribution >= 0.6 is 0 Å². The van der Waals surface area contributed by atoms with E-state index in [2.05, 4.69) is 5.32 Å². The zero-order valence-electron chi connectivity index (χ0n) is 11.9. The molecule has 1 fully saturated rings. The van der Waals surface area contributed by atoms with E-state index in [1.807, 2.05) is 0 Å². The van der Waals surface area contributed by atoms with Crippen molar-refractivity contribution in [2.75, 3.05) is 0 Å². The minimum Gasteiger partial charge on any atom is -0.457 e. The zero-order valence-corrected chi connectivity index (χ0v) is 11.9. The summed E-state index contributed by atoms with van der Waals surface area (Å²) in [4.78, 5) is 20.7.